The van der Waals surface area contributed by atoms with Crippen molar-refractivity contribution in [1.82, 2.24) is 9.62 Å². The van der Waals surface area contributed by atoms with E-state index in [-0.39, 0.29) is 30.0 Å². The summed E-state index contributed by atoms with van der Waals surface area (Å²) in [6, 6.07) is 10.2. The molecule has 0 bridgehead atoms. The van der Waals surface area contributed by atoms with Crippen LogP contribution in [0, 0.1) is 5.92 Å². The Bertz CT molecular complexity index is 801. The minimum Gasteiger partial charge on any atom is -0.376 e. The molecule has 3 aliphatic rings. The molecule has 160 valence electrons. The molecule has 2 atom stereocenters. The van der Waals surface area contributed by atoms with Gasteiger partial charge in [-0.3, -0.25) is 4.79 Å². The number of ether oxygens (including phenoxy) is 1. The van der Waals surface area contributed by atoms with E-state index in [9.17, 15) is 13.2 Å². The molecule has 3 fully saturated rings. The molecule has 0 aromatic heterocycles. The molecule has 1 amide bonds. The van der Waals surface area contributed by atoms with Crippen LogP contribution in [0.15, 0.2) is 30.3 Å². The molecule has 1 aromatic carbocycles. The van der Waals surface area contributed by atoms with Gasteiger partial charge in [-0.1, -0.05) is 30.3 Å². The molecule has 1 saturated heterocycles. The molecule has 1 aliphatic heterocycles. The number of amides is 1. The first-order valence-electron chi connectivity index (χ1n) is 10.8. The number of sulfonamides is 1. The van der Waals surface area contributed by atoms with Gasteiger partial charge in [0.1, 0.15) is 0 Å². The van der Waals surface area contributed by atoms with Crippen molar-refractivity contribution in [2.24, 2.45) is 5.92 Å². The summed E-state index contributed by atoms with van der Waals surface area (Å²) in [6.07, 6.45) is 8.16. The Labute approximate surface area is 174 Å². The fourth-order valence-corrected chi connectivity index (χ4v) is 5.66. The van der Waals surface area contributed by atoms with Crippen LogP contribution in [0.3, 0.4) is 0 Å². The molecule has 0 radical (unpaired) electrons. The second-order valence-electron chi connectivity index (χ2n) is 8.88. The van der Waals surface area contributed by atoms with Gasteiger partial charge in [-0.15, -0.1) is 0 Å². The highest BCUT2D eigenvalue weighted by Crippen LogP contribution is 2.36. The molecule has 1 aromatic rings. The van der Waals surface area contributed by atoms with Crippen LogP contribution in [0.25, 0.3) is 0 Å². The molecule has 4 rings (SSSR count). The van der Waals surface area contributed by atoms with E-state index in [1.807, 2.05) is 4.90 Å². The standard InChI is InChI=1S/C22H32N2O4S/c1-29(26,27)23-20-13-14-24(22(25)18-7-8-18)21(20)15-28-19-11-9-17(10-12-19)16-5-3-2-4-6-16/h2-6,17-21,23H,7-15H2,1H3/t17?,19?,20-,21-/m1/s1. The summed E-state index contributed by atoms with van der Waals surface area (Å²) < 4.78 is 32.5. The van der Waals surface area contributed by atoms with E-state index >= 15 is 0 Å². The van der Waals surface area contributed by atoms with Gasteiger partial charge in [0.25, 0.3) is 0 Å². The van der Waals surface area contributed by atoms with Crippen LogP contribution in [0.2, 0.25) is 0 Å². The first-order chi connectivity index (χ1) is 13.9. The van der Waals surface area contributed by atoms with Crippen LogP contribution in [0.5, 0.6) is 0 Å². The lowest BCUT2D eigenvalue weighted by molar-refractivity contribution is -0.135. The van der Waals surface area contributed by atoms with Gasteiger partial charge in [0, 0.05) is 18.5 Å². The first kappa shape index (κ1) is 20.8. The quantitative estimate of drug-likeness (QED) is 0.736. The van der Waals surface area contributed by atoms with Crippen molar-refractivity contribution in [2.45, 2.75) is 69.1 Å². The summed E-state index contributed by atoms with van der Waals surface area (Å²) in [5.74, 6) is 0.898. The number of rotatable bonds is 7. The fourth-order valence-electron chi connectivity index (χ4n) is 4.83. The molecule has 2 saturated carbocycles. The lowest BCUT2D eigenvalue weighted by atomic mass is 9.83. The molecule has 0 spiro atoms. The molecule has 1 N–H and O–H groups in total. The van der Waals surface area contributed by atoms with Crippen LogP contribution in [0.4, 0.5) is 0 Å². The molecule has 6 nitrogen and oxygen atoms in total. The number of likely N-dealkylation sites (tertiary alicyclic amines) is 1. The van der Waals surface area contributed by atoms with E-state index in [2.05, 4.69) is 35.1 Å². The third kappa shape index (κ3) is 5.38. The highest BCUT2D eigenvalue weighted by atomic mass is 32.2. The second kappa shape index (κ2) is 8.74. The smallest absolute Gasteiger partial charge is 0.226 e. The number of benzene rings is 1. The van der Waals surface area contributed by atoms with Gasteiger partial charge in [0.15, 0.2) is 0 Å². The number of carbonyl (C=O) groups is 1. The summed E-state index contributed by atoms with van der Waals surface area (Å²) in [4.78, 5) is 14.5. The van der Waals surface area contributed by atoms with Gasteiger partial charge < -0.3 is 9.64 Å². The van der Waals surface area contributed by atoms with Crippen molar-refractivity contribution >= 4 is 15.9 Å². The molecule has 1 heterocycles. The summed E-state index contributed by atoms with van der Waals surface area (Å²) in [5.41, 5.74) is 1.40. The monoisotopic (exact) mass is 420 g/mol. The Morgan fingerprint density at radius 2 is 1.76 bits per heavy atom. The maximum absolute atomic E-state index is 12.7. The van der Waals surface area contributed by atoms with Gasteiger partial charge in [0.2, 0.25) is 15.9 Å². The summed E-state index contributed by atoms with van der Waals surface area (Å²) in [7, 11) is -3.32. The van der Waals surface area contributed by atoms with Crippen molar-refractivity contribution in [3.05, 3.63) is 35.9 Å². The predicted octanol–water partition coefficient (Wildman–Crippen LogP) is 2.66. The van der Waals surface area contributed by atoms with Gasteiger partial charge in [0.05, 0.1) is 25.0 Å². The van der Waals surface area contributed by atoms with E-state index < -0.39 is 10.0 Å². The van der Waals surface area contributed by atoms with Crippen molar-refractivity contribution in [2.75, 3.05) is 19.4 Å². The number of nitrogens with one attached hydrogen (secondary N) is 1. The minimum atomic E-state index is -3.32. The average Bonchev–Trinajstić information content (AvgIpc) is 3.48. The Balaban J connectivity index is 1.33. The SMILES string of the molecule is CS(=O)(=O)N[C@@H]1CCN(C(=O)C2CC2)[C@@H]1COC1CCC(c2ccccc2)CC1. The molecule has 2 aliphatic carbocycles. The summed E-state index contributed by atoms with van der Waals surface area (Å²) in [6.45, 7) is 1.02. The van der Waals surface area contributed by atoms with Gasteiger partial charge in [-0.25, -0.2) is 13.1 Å². The zero-order valence-electron chi connectivity index (χ0n) is 17.1. The highest BCUT2D eigenvalue weighted by molar-refractivity contribution is 7.88. The largest absolute Gasteiger partial charge is 0.376 e. The van der Waals surface area contributed by atoms with E-state index in [0.29, 0.717) is 25.5 Å². The van der Waals surface area contributed by atoms with Crippen LogP contribution in [0.1, 0.15) is 56.4 Å². The van der Waals surface area contributed by atoms with Crippen molar-refractivity contribution in [3.8, 4) is 0 Å². The van der Waals surface area contributed by atoms with E-state index in [0.717, 1.165) is 38.5 Å². The van der Waals surface area contributed by atoms with Crippen LogP contribution in [-0.4, -0.2) is 56.8 Å². The van der Waals surface area contributed by atoms with Gasteiger partial charge >= 0.3 is 0 Å². The van der Waals surface area contributed by atoms with Crippen molar-refractivity contribution < 1.29 is 17.9 Å². The lowest BCUT2D eigenvalue weighted by Gasteiger charge is -2.33. The van der Waals surface area contributed by atoms with Crippen LogP contribution < -0.4 is 4.72 Å². The normalized spacial score (nSPS) is 30.4. The fraction of sp³-hybridized carbons (Fsp3) is 0.682. The average molecular weight is 421 g/mol. The number of hydrogen-bond acceptors (Lipinski definition) is 4. The maximum Gasteiger partial charge on any atom is 0.226 e. The Morgan fingerprint density at radius 1 is 1.07 bits per heavy atom. The topological polar surface area (TPSA) is 75.7 Å². The van der Waals surface area contributed by atoms with E-state index in [1.165, 1.54) is 11.8 Å². The highest BCUT2D eigenvalue weighted by Gasteiger charge is 2.43. The maximum atomic E-state index is 12.7. The number of nitrogens with zero attached hydrogens (tertiary/aromatic N) is 1. The van der Waals surface area contributed by atoms with Crippen molar-refractivity contribution in [3.63, 3.8) is 0 Å². The Kier molecular flexibility index (Phi) is 6.27. The van der Waals surface area contributed by atoms with E-state index in [4.69, 9.17) is 4.74 Å². The summed E-state index contributed by atoms with van der Waals surface area (Å²) in [5, 5.41) is 0. The predicted molar refractivity (Wildman–Crippen MR) is 112 cm³/mol. The molecular weight excluding hydrogens is 388 g/mol. The molecule has 0 unspecified atom stereocenters. The Morgan fingerprint density at radius 3 is 2.38 bits per heavy atom. The zero-order chi connectivity index (χ0) is 20.4. The van der Waals surface area contributed by atoms with Crippen molar-refractivity contribution in [1.29, 1.82) is 0 Å². The van der Waals surface area contributed by atoms with Gasteiger partial charge in [-0.2, -0.15) is 0 Å². The van der Waals surface area contributed by atoms with E-state index in [1.54, 1.807) is 0 Å². The Hall–Kier alpha value is -1.44. The van der Waals surface area contributed by atoms with Gasteiger partial charge in [-0.05, 0) is 56.4 Å². The molecular formula is C22H32N2O4S. The number of hydrogen-bond donors (Lipinski definition) is 1. The number of carbonyl (C=O) groups excluding carboxylic acids is 1. The third-order valence-electron chi connectivity index (χ3n) is 6.57. The molecule has 29 heavy (non-hydrogen) atoms. The first-order valence-corrected chi connectivity index (χ1v) is 12.7. The summed E-state index contributed by atoms with van der Waals surface area (Å²) >= 11 is 0. The zero-order valence-corrected chi connectivity index (χ0v) is 17.9. The van der Waals surface area contributed by atoms with Crippen LogP contribution in [-0.2, 0) is 19.6 Å². The lowest BCUT2D eigenvalue weighted by Crippen LogP contribution is -2.49. The third-order valence-corrected chi connectivity index (χ3v) is 7.30. The van der Waals surface area contributed by atoms with Crippen LogP contribution >= 0.6 is 0 Å². The second-order valence-corrected chi connectivity index (χ2v) is 10.7. The minimum absolute atomic E-state index is 0.135. The molecule has 7 heteroatoms.